The molecule has 10 nitrogen and oxygen atoms in total. The summed E-state index contributed by atoms with van der Waals surface area (Å²) in [5.74, 6) is -2.28. The van der Waals surface area contributed by atoms with Crippen molar-refractivity contribution >= 4 is 40.9 Å². The summed E-state index contributed by atoms with van der Waals surface area (Å²) in [5, 5.41) is 9.30. The van der Waals surface area contributed by atoms with Gasteiger partial charge in [-0.05, 0) is 51.5 Å². The van der Waals surface area contributed by atoms with Crippen LogP contribution in [0.5, 0.6) is 0 Å². The minimum Gasteiger partial charge on any atom is -0.464 e. The first-order valence-electron chi connectivity index (χ1n) is 9.96. The maximum absolute atomic E-state index is 12.5. The highest BCUT2D eigenvalue weighted by Crippen LogP contribution is 2.28. The Balaban J connectivity index is 2.05. The Bertz CT molecular complexity index is 1160. The zero-order valence-corrected chi connectivity index (χ0v) is 20.3. The Hall–Kier alpha value is -3.99. The van der Waals surface area contributed by atoms with E-state index in [-0.39, 0.29) is 17.1 Å². The third-order valence-electron chi connectivity index (χ3n) is 4.08. The summed E-state index contributed by atoms with van der Waals surface area (Å²) in [7, 11) is 1.14. The van der Waals surface area contributed by atoms with Gasteiger partial charge in [-0.2, -0.15) is 0 Å². The number of carbonyl (C=O) groups is 4. The molecule has 0 saturated heterocycles. The second kappa shape index (κ2) is 10.8. The molecule has 0 radical (unpaired) electrons. The fourth-order valence-corrected chi connectivity index (χ4v) is 3.30. The van der Waals surface area contributed by atoms with Gasteiger partial charge in [0, 0.05) is 16.6 Å². The molecule has 0 spiro atoms. The summed E-state index contributed by atoms with van der Waals surface area (Å²) in [6, 6.07) is 5.29. The predicted octanol–water partition coefficient (Wildman–Crippen LogP) is 3.51. The zero-order valence-electron chi connectivity index (χ0n) is 19.5. The molecule has 11 heteroatoms. The zero-order chi connectivity index (χ0) is 25.6. The van der Waals surface area contributed by atoms with E-state index in [2.05, 4.69) is 38.8 Å². The molecule has 2 aromatic rings. The van der Waals surface area contributed by atoms with Crippen molar-refractivity contribution in [2.45, 2.75) is 33.3 Å². The first-order valence-corrected chi connectivity index (χ1v) is 10.8. The molecule has 2 rings (SSSR count). The number of rotatable bonds is 7. The molecule has 34 heavy (non-hydrogen) atoms. The molecule has 1 heterocycles. The van der Waals surface area contributed by atoms with Crippen molar-refractivity contribution in [1.82, 2.24) is 15.6 Å². The van der Waals surface area contributed by atoms with Crippen LogP contribution in [0.25, 0.3) is 10.6 Å². The molecule has 0 saturated carbocycles. The quantitative estimate of drug-likeness (QED) is 0.402. The third-order valence-corrected chi connectivity index (χ3v) is 4.97. The van der Waals surface area contributed by atoms with E-state index >= 15 is 0 Å². The standard InChI is InChI=1S/C23H26N4O6S/c1-12-10-15(8-9-16(12)27-22(31)33-23(4,5)6)20-26-17(11-34-20)19(29)24-13(2)18(28)25-14(3)21(30)32-7/h8-11H,2-3H2,1,4-7H3,(H,24,29)(H,25,28)(H,27,31). The monoisotopic (exact) mass is 486 g/mol. The highest BCUT2D eigenvalue weighted by molar-refractivity contribution is 7.13. The lowest BCUT2D eigenvalue weighted by molar-refractivity contribution is -0.137. The number of esters is 1. The lowest BCUT2D eigenvalue weighted by atomic mass is 10.1. The van der Waals surface area contributed by atoms with Crippen LogP contribution in [-0.2, 0) is 19.1 Å². The Labute approximate surface area is 201 Å². The van der Waals surface area contributed by atoms with Crippen molar-refractivity contribution in [2.75, 3.05) is 12.4 Å². The van der Waals surface area contributed by atoms with E-state index in [1.165, 1.54) is 16.7 Å². The number of nitrogens with one attached hydrogen (secondary N) is 3. The molecule has 3 N–H and O–H groups in total. The van der Waals surface area contributed by atoms with Gasteiger partial charge in [0.25, 0.3) is 11.8 Å². The SMILES string of the molecule is C=C(NC(=O)c1csc(-c2ccc(NC(=O)OC(C)(C)C)c(C)c2)n1)C(=O)NC(=C)C(=O)OC. The van der Waals surface area contributed by atoms with Gasteiger partial charge in [0.15, 0.2) is 0 Å². The number of methoxy groups -OCH3 is 1. The smallest absolute Gasteiger partial charge is 0.412 e. The molecule has 0 aliphatic heterocycles. The van der Waals surface area contributed by atoms with E-state index in [0.29, 0.717) is 10.7 Å². The summed E-state index contributed by atoms with van der Waals surface area (Å²) in [4.78, 5) is 52.1. The summed E-state index contributed by atoms with van der Waals surface area (Å²) < 4.78 is 9.70. The van der Waals surface area contributed by atoms with Crippen LogP contribution in [0.15, 0.2) is 48.1 Å². The van der Waals surface area contributed by atoms with Crippen molar-refractivity contribution in [3.63, 3.8) is 0 Å². The fraction of sp³-hybridized carbons (Fsp3) is 0.261. The number of benzene rings is 1. The summed E-state index contributed by atoms with van der Waals surface area (Å²) in [5.41, 5.74) is 0.981. The fourth-order valence-electron chi connectivity index (χ4n) is 2.51. The van der Waals surface area contributed by atoms with E-state index in [4.69, 9.17) is 4.74 Å². The van der Waals surface area contributed by atoms with Gasteiger partial charge in [-0.3, -0.25) is 14.9 Å². The van der Waals surface area contributed by atoms with Crippen molar-refractivity contribution in [3.8, 4) is 10.6 Å². The minimum absolute atomic E-state index is 0.0781. The number of anilines is 1. The normalized spacial score (nSPS) is 10.6. The van der Waals surface area contributed by atoms with Crippen LogP contribution >= 0.6 is 11.3 Å². The number of hydrogen-bond donors (Lipinski definition) is 3. The number of ether oxygens (including phenoxy) is 2. The van der Waals surface area contributed by atoms with Crippen LogP contribution in [-0.4, -0.2) is 41.6 Å². The second-order valence-electron chi connectivity index (χ2n) is 8.05. The molecule has 3 amide bonds. The van der Waals surface area contributed by atoms with Gasteiger partial charge >= 0.3 is 12.1 Å². The lowest BCUT2D eigenvalue weighted by Gasteiger charge is -2.20. The van der Waals surface area contributed by atoms with Gasteiger partial charge < -0.3 is 20.1 Å². The van der Waals surface area contributed by atoms with Crippen LogP contribution < -0.4 is 16.0 Å². The Morgan fingerprint density at radius 2 is 1.74 bits per heavy atom. The van der Waals surface area contributed by atoms with Crippen molar-refractivity contribution in [3.05, 3.63) is 59.4 Å². The molecular weight excluding hydrogens is 460 g/mol. The molecule has 0 bridgehead atoms. The van der Waals surface area contributed by atoms with Crippen LogP contribution in [0.2, 0.25) is 0 Å². The van der Waals surface area contributed by atoms with E-state index in [1.807, 2.05) is 13.0 Å². The number of nitrogens with zero attached hydrogens (tertiary/aromatic N) is 1. The third kappa shape index (κ3) is 7.27. The highest BCUT2D eigenvalue weighted by Gasteiger charge is 2.19. The Morgan fingerprint density at radius 1 is 1.06 bits per heavy atom. The molecule has 180 valence electrons. The topological polar surface area (TPSA) is 136 Å². The Kier molecular flexibility index (Phi) is 8.31. The summed E-state index contributed by atoms with van der Waals surface area (Å²) in [6.07, 6.45) is -0.559. The molecule has 1 aromatic carbocycles. The van der Waals surface area contributed by atoms with E-state index in [9.17, 15) is 19.2 Å². The van der Waals surface area contributed by atoms with Gasteiger partial charge in [0.05, 0.1) is 12.8 Å². The maximum atomic E-state index is 12.5. The molecule has 0 fully saturated rings. The van der Waals surface area contributed by atoms with Gasteiger partial charge in [-0.15, -0.1) is 11.3 Å². The first kappa shape index (κ1) is 26.3. The predicted molar refractivity (Wildman–Crippen MR) is 128 cm³/mol. The largest absolute Gasteiger partial charge is 0.464 e. The molecular formula is C23H26N4O6S. The Morgan fingerprint density at radius 3 is 2.32 bits per heavy atom. The second-order valence-corrected chi connectivity index (χ2v) is 8.91. The molecule has 0 aliphatic carbocycles. The number of aromatic nitrogens is 1. The highest BCUT2D eigenvalue weighted by atomic mass is 32.1. The maximum Gasteiger partial charge on any atom is 0.412 e. The number of carbonyl (C=O) groups excluding carboxylic acids is 4. The molecule has 0 unspecified atom stereocenters. The molecule has 0 aliphatic rings. The molecule has 0 atom stereocenters. The van der Waals surface area contributed by atoms with Crippen LogP contribution in [0.3, 0.4) is 0 Å². The van der Waals surface area contributed by atoms with Crippen LogP contribution in [0, 0.1) is 6.92 Å². The average Bonchev–Trinajstić information content (AvgIpc) is 3.23. The van der Waals surface area contributed by atoms with Crippen molar-refractivity contribution in [1.29, 1.82) is 0 Å². The number of aryl methyl sites for hydroxylation is 1. The molecule has 1 aromatic heterocycles. The lowest BCUT2D eigenvalue weighted by Crippen LogP contribution is -2.35. The van der Waals surface area contributed by atoms with Crippen molar-refractivity contribution in [2.24, 2.45) is 0 Å². The van der Waals surface area contributed by atoms with Gasteiger partial charge in [0.1, 0.15) is 22.0 Å². The number of amides is 3. The van der Waals surface area contributed by atoms with Gasteiger partial charge in [-0.1, -0.05) is 13.2 Å². The van der Waals surface area contributed by atoms with Crippen LogP contribution in [0.1, 0.15) is 36.8 Å². The van der Waals surface area contributed by atoms with Gasteiger partial charge in [-0.25, -0.2) is 14.6 Å². The van der Waals surface area contributed by atoms with E-state index in [1.54, 1.807) is 32.9 Å². The van der Waals surface area contributed by atoms with Gasteiger partial charge in [0.2, 0.25) is 0 Å². The van der Waals surface area contributed by atoms with E-state index < -0.39 is 29.5 Å². The average molecular weight is 487 g/mol. The van der Waals surface area contributed by atoms with Crippen LogP contribution in [0.4, 0.5) is 10.5 Å². The van der Waals surface area contributed by atoms with Crippen molar-refractivity contribution < 1.29 is 28.7 Å². The summed E-state index contributed by atoms with van der Waals surface area (Å²) in [6.45, 7) is 14.0. The number of hydrogen-bond acceptors (Lipinski definition) is 8. The first-order chi connectivity index (χ1) is 15.8. The van der Waals surface area contributed by atoms with E-state index in [0.717, 1.165) is 18.2 Å². The summed E-state index contributed by atoms with van der Waals surface area (Å²) >= 11 is 1.23. The number of thiazole rings is 1. The minimum atomic E-state index is -0.820.